The third-order valence-electron chi connectivity index (χ3n) is 3.18. The standard InChI is InChI=1S/C14H20ClN5/c1-4-7-16-13(9-14-17-19-20(3)18-14)12-6-5-11(15)8-10(12)2/h5-6,8,13,16H,4,7,9H2,1-3H3. The van der Waals surface area contributed by atoms with Gasteiger partial charge in [0, 0.05) is 17.5 Å². The molecular weight excluding hydrogens is 274 g/mol. The van der Waals surface area contributed by atoms with E-state index in [1.807, 2.05) is 12.1 Å². The molecule has 1 unspecified atom stereocenters. The first-order chi connectivity index (χ1) is 9.60. The quantitative estimate of drug-likeness (QED) is 0.889. The Labute approximate surface area is 124 Å². The number of aromatic nitrogens is 4. The van der Waals surface area contributed by atoms with Crippen LogP contribution in [0.5, 0.6) is 0 Å². The van der Waals surface area contributed by atoms with E-state index in [-0.39, 0.29) is 6.04 Å². The third kappa shape index (κ3) is 3.77. The molecule has 108 valence electrons. The summed E-state index contributed by atoms with van der Waals surface area (Å²) in [5.41, 5.74) is 2.41. The van der Waals surface area contributed by atoms with Gasteiger partial charge in [-0.1, -0.05) is 24.6 Å². The highest BCUT2D eigenvalue weighted by Crippen LogP contribution is 2.23. The number of hydrogen-bond acceptors (Lipinski definition) is 4. The summed E-state index contributed by atoms with van der Waals surface area (Å²) in [7, 11) is 1.78. The van der Waals surface area contributed by atoms with E-state index >= 15 is 0 Å². The van der Waals surface area contributed by atoms with Crippen LogP contribution in [0.3, 0.4) is 0 Å². The van der Waals surface area contributed by atoms with Crippen LogP contribution in [-0.4, -0.2) is 26.8 Å². The van der Waals surface area contributed by atoms with Gasteiger partial charge >= 0.3 is 0 Å². The van der Waals surface area contributed by atoms with Gasteiger partial charge in [0.2, 0.25) is 0 Å². The van der Waals surface area contributed by atoms with Crippen LogP contribution in [0, 0.1) is 6.92 Å². The van der Waals surface area contributed by atoms with E-state index in [2.05, 4.69) is 40.6 Å². The molecule has 0 aliphatic heterocycles. The Morgan fingerprint density at radius 2 is 2.20 bits per heavy atom. The van der Waals surface area contributed by atoms with Crippen molar-refractivity contribution in [3.8, 4) is 0 Å². The van der Waals surface area contributed by atoms with Crippen molar-refractivity contribution < 1.29 is 0 Å². The summed E-state index contributed by atoms with van der Waals surface area (Å²) in [6, 6.07) is 6.16. The van der Waals surface area contributed by atoms with Crippen LogP contribution in [0.2, 0.25) is 5.02 Å². The van der Waals surface area contributed by atoms with Gasteiger partial charge in [0.05, 0.1) is 7.05 Å². The molecule has 5 nitrogen and oxygen atoms in total. The van der Waals surface area contributed by atoms with Gasteiger partial charge in [-0.15, -0.1) is 10.2 Å². The number of nitrogens with one attached hydrogen (secondary N) is 1. The molecule has 1 atom stereocenters. The smallest absolute Gasteiger partial charge is 0.176 e. The van der Waals surface area contributed by atoms with Gasteiger partial charge in [0.1, 0.15) is 0 Å². The van der Waals surface area contributed by atoms with Crippen molar-refractivity contribution in [1.29, 1.82) is 0 Å². The van der Waals surface area contributed by atoms with Crippen LogP contribution in [0.15, 0.2) is 18.2 Å². The summed E-state index contributed by atoms with van der Waals surface area (Å²) in [5.74, 6) is 0.746. The molecule has 0 spiro atoms. The summed E-state index contributed by atoms with van der Waals surface area (Å²) in [6.45, 7) is 5.18. The van der Waals surface area contributed by atoms with Crippen LogP contribution in [0.25, 0.3) is 0 Å². The maximum atomic E-state index is 6.03. The Morgan fingerprint density at radius 1 is 1.40 bits per heavy atom. The predicted octanol–water partition coefficient (Wildman–Crippen LogP) is 2.46. The van der Waals surface area contributed by atoms with E-state index in [0.717, 1.165) is 30.2 Å². The minimum atomic E-state index is 0.177. The van der Waals surface area contributed by atoms with Crippen LogP contribution < -0.4 is 5.32 Å². The fourth-order valence-electron chi connectivity index (χ4n) is 2.23. The largest absolute Gasteiger partial charge is 0.310 e. The van der Waals surface area contributed by atoms with Gasteiger partial charge in [-0.05, 0) is 48.4 Å². The first-order valence-corrected chi connectivity index (χ1v) is 7.20. The van der Waals surface area contributed by atoms with E-state index in [9.17, 15) is 0 Å². The van der Waals surface area contributed by atoms with Gasteiger partial charge in [-0.3, -0.25) is 0 Å². The predicted molar refractivity (Wildman–Crippen MR) is 79.7 cm³/mol. The molecule has 20 heavy (non-hydrogen) atoms. The number of nitrogens with zero attached hydrogens (tertiary/aromatic N) is 4. The Balaban J connectivity index is 2.22. The minimum Gasteiger partial charge on any atom is -0.310 e. The summed E-state index contributed by atoms with van der Waals surface area (Å²) in [4.78, 5) is 1.49. The molecule has 1 N–H and O–H groups in total. The lowest BCUT2D eigenvalue weighted by Crippen LogP contribution is -2.25. The van der Waals surface area contributed by atoms with Crippen molar-refractivity contribution in [2.45, 2.75) is 32.7 Å². The Hall–Kier alpha value is -1.46. The zero-order chi connectivity index (χ0) is 14.5. The average molecular weight is 294 g/mol. The Morgan fingerprint density at radius 3 is 2.80 bits per heavy atom. The molecule has 0 saturated carbocycles. The van der Waals surface area contributed by atoms with E-state index in [4.69, 9.17) is 11.6 Å². The molecule has 1 aromatic heterocycles. The normalized spacial score (nSPS) is 12.6. The molecular formula is C14H20ClN5. The second kappa shape index (κ2) is 6.81. The number of hydrogen-bond donors (Lipinski definition) is 1. The lowest BCUT2D eigenvalue weighted by atomic mass is 9.98. The zero-order valence-corrected chi connectivity index (χ0v) is 12.9. The number of halogens is 1. The molecule has 0 amide bonds. The van der Waals surface area contributed by atoms with E-state index < -0.39 is 0 Å². The fourth-order valence-corrected chi connectivity index (χ4v) is 2.46. The summed E-state index contributed by atoms with van der Waals surface area (Å²) in [6.07, 6.45) is 1.80. The van der Waals surface area contributed by atoms with Crippen LogP contribution in [0.1, 0.15) is 36.3 Å². The maximum Gasteiger partial charge on any atom is 0.176 e. The molecule has 2 aromatic rings. The van der Waals surface area contributed by atoms with Gasteiger partial charge in [0.15, 0.2) is 5.82 Å². The maximum absolute atomic E-state index is 6.03. The van der Waals surface area contributed by atoms with E-state index in [1.165, 1.54) is 15.9 Å². The van der Waals surface area contributed by atoms with Gasteiger partial charge in [-0.25, -0.2) is 0 Å². The molecule has 0 saturated heterocycles. The second-order valence-electron chi connectivity index (χ2n) is 4.91. The number of aryl methyl sites for hydroxylation is 2. The van der Waals surface area contributed by atoms with Gasteiger partial charge in [-0.2, -0.15) is 4.80 Å². The van der Waals surface area contributed by atoms with Crippen molar-refractivity contribution >= 4 is 11.6 Å². The van der Waals surface area contributed by atoms with Crippen molar-refractivity contribution in [2.24, 2.45) is 7.05 Å². The fraction of sp³-hybridized carbons (Fsp3) is 0.500. The lowest BCUT2D eigenvalue weighted by molar-refractivity contribution is 0.515. The lowest BCUT2D eigenvalue weighted by Gasteiger charge is -2.19. The highest BCUT2D eigenvalue weighted by atomic mass is 35.5. The third-order valence-corrected chi connectivity index (χ3v) is 3.42. The summed E-state index contributed by atoms with van der Waals surface area (Å²) >= 11 is 6.03. The molecule has 1 heterocycles. The summed E-state index contributed by atoms with van der Waals surface area (Å²) < 4.78 is 0. The molecule has 0 aliphatic carbocycles. The highest BCUT2D eigenvalue weighted by Gasteiger charge is 2.16. The average Bonchev–Trinajstić information content (AvgIpc) is 2.80. The minimum absolute atomic E-state index is 0.177. The topological polar surface area (TPSA) is 55.6 Å². The Bertz CT molecular complexity index is 566. The van der Waals surface area contributed by atoms with Crippen molar-refractivity contribution in [1.82, 2.24) is 25.5 Å². The van der Waals surface area contributed by atoms with Gasteiger partial charge < -0.3 is 5.32 Å². The zero-order valence-electron chi connectivity index (χ0n) is 12.1. The molecule has 1 aromatic carbocycles. The van der Waals surface area contributed by atoms with Gasteiger partial charge in [0.25, 0.3) is 0 Å². The number of benzene rings is 1. The number of rotatable bonds is 6. The SMILES string of the molecule is CCCNC(Cc1nnn(C)n1)c1ccc(Cl)cc1C. The molecule has 0 radical (unpaired) electrons. The first kappa shape index (κ1) is 14.9. The molecule has 0 bridgehead atoms. The van der Waals surface area contributed by atoms with Crippen LogP contribution in [0.4, 0.5) is 0 Å². The Kier molecular flexibility index (Phi) is 5.09. The molecule has 2 rings (SSSR count). The molecule has 0 aliphatic rings. The highest BCUT2D eigenvalue weighted by molar-refractivity contribution is 6.30. The first-order valence-electron chi connectivity index (χ1n) is 6.82. The monoisotopic (exact) mass is 293 g/mol. The van der Waals surface area contributed by atoms with Crippen molar-refractivity contribution in [3.05, 3.63) is 40.2 Å². The van der Waals surface area contributed by atoms with Crippen molar-refractivity contribution in [3.63, 3.8) is 0 Å². The van der Waals surface area contributed by atoms with E-state index in [0.29, 0.717) is 0 Å². The van der Waals surface area contributed by atoms with Crippen LogP contribution in [-0.2, 0) is 13.5 Å². The second-order valence-corrected chi connectivity index (χ2v) is 5.34. The molecule has 6 heteroatoms. The van der Waals surface area contributed by atoms with Crippen LogP contribution >= 0.6 is 11.6 Å². The number of tetrazole rings is 1. The molecule has 0 fully saturated rings. The van der Waals surface area contributed by atoms with E-state index in [1.54, 1.807) is 7.05 Å². The summed E-state index contributed by atoms with van der Waals surface area (Å²) in [5, 5.41) is 16.5. The van der Waals surface area contributed by atoms with Crippen molar-refractivity contribution in [2.75, 3.05) is 6.54 Å².